The molecule has 1 rings (SSSR count). The minimum Gasteiger partial charge on any atom is -0.364 e. The number of aromatic nitrogens is 2. The maximum absolute atomic E-state index is 10.9. The molecular weight excluding hydrogens is 248 g/mol. The van der Waals surface area contributed by atoms with Crippen LogP contribution in [0.15, 0.2) is 10.2 Å². The molecule has 0 saturated heterocycles. The van der Waals surface area contributed by atoms with Gasteiger partial charge in [-0.25, -0.2) is 4.98 Å². The molecule has 88 valence electrons. The number of rotatable bonds is 5. The highest BCUT2D eigenvalue weighted by molar-refractivity contribution is 7.99. The van der Waals surface area contributed by atoms with Crippen molar-refractivity contribution in [3.05, 3.63) is 10.1 Å². The maximum Gasteiger partial charge on any atom is 0.343 e. The largest absolute Gasteiger partial charge is 0.364 e. The molecule has 1 aromatic rings. The highest BCUT2D eigenvalue weighted by atomic mass is 32.2. The van der Waals surface area contributed by atoms with Crippen LogP contribution in [0.4, 0.5) is 11.5 Å². The molecule has 1 aromatic heterocycles. The Labute approximate surface area is 102 Å². The van der Waals surface area contributed by atoms with Crippen molar-refractivity contribution in [3.8, 4) is 0 Å². The molecule has 0 unspecified atom stereocenters. The zero-order valence-corrected chi connectivity index (χ0v) is 10.8. The Bertz CT molecular complexity index is 400. The van der Waals surface area contributed by atoms with Gasteiger partial charge in [0.25, 0.3) is 0 Å². The normalized spacial score (nSPS) is 10.2. The Morgan fingerprint density at radius 3 is 2.50 bits per heavy atom. The Morgan fingerprint density at radius 1 is 1.38 bits per heavy atom. The summed E-state index contributed by atoms with van der Waals surface area (Å²) in [5.74, 6) is 0.288. The molecule has 0 saturated carbocycles. The van der Waals surface area contributed by atoms with E-state index in [4.69, 9.17) is 0 Å². The predicted molar refractivity (Wildman–Crippen MR) is 66.4 cm³/mol. The van der Waals surface area contributed by atoms with Gasteiger partial charge in [-0.15, -0.1) is 11.8 Å². The summed E-state index contributed by atoms with van der Waals surface area (Å²) < 4.78 is 0. The van der Waals surface area contributed by atoms with Gasteiger partial charge in [0.1, 0.15) is 0 Å². The van der Waals surface area contributed by atoms with Crippen molar-refractivity contribution in [2.75, 3.05) is 24.4 Å². The van der Waals surface area contributed by atoms with Gasteiger partial charge in [-0.05, 0) is 19.4 Å². The monoisotopic (exact) mass is 260 g/mol. The summed E-state index contributed by atoms with van der Waals surface area (Å²) in [4.78, 5) is 18.7. The first kappa shape index (κ1) is 13.0. The summed E-state index contributed by atoms with van der Waals surface area (Å²) in [7, 11) is 0. The first-order chi connectivity index (χ1) is 7.63. The second-order valence-electron chi connectivity index (χ2n) is 2.70. The fourth-order valence-corrected chi connectivity index (χ4v) is 2.07. The van der Waals surface area contributed by atoms with E-state index in [2.05, 4.69) is 15.3 Å². The number of anilines is 1. The summed E-state index contributed by atoms with van der Waals surface area (Å²) in [6.45, 7) is 2.45. The predicted octanol–water partition coefficient (Wildman–Crippen LogP) is 2.26. The van der Waals surface area contributed by atoms with Crippen LogP contribution >= 0.6 is 23.5 Å². The van der Waals surface area contributed by atoms with E-state index >= 15 is 0 Å². The molecule has 1 heterocycles. The summed E-state index contributed by atoms with van der Waals surface area (Å²) in [6, 6.07) is 0. The van der Waals surface area contributed by atoms with Crippen LogP contribution in [0.25, 0.3) is 0 Å². The van der Waals surface area contributed by atoms with Gasteiger partial charge in [0.2, 0.25) is 5.82 Å². The lowest BCUT2D eigenvalue weighted by molar-refractivity contribution is -0.387. The van der Waals surface area contributed by atoms with Crippen LogP contribution in [0.5, 0.6) is 0 Å². The number of nitro groups is 1. The van der Waals surface area contributed by atoms with Crippen molar-refractivity contribution in [2.24, 2.45) is 0 Å². The fourth-order valence-electron chi connectivity index (χ4n) is 1.10. The lowest BCUT2D eigenvalue weighted by Gasteiger charge is -2.07. The SMILES string of the molecule is CCNc1nc(SC)nc(SC)c1[N+](=O)[O-]. The zero-order valence-electron chi connectivity index (χ0n) is 9.18. The van der Waals surface area contributed by atoms with Crippen LogP contribution < -0.4 is 5.32 Å². The van der Waals surface area contributed by atoms with Gasteiger partial charge >= 0.3 is 5.69 Å². The molecular formula is C8H12N4O2S2. The van der Waals surface area contributed by atoms with Gasteiger partial charge < -0.3 is 5.32 Å². The van der Waals surface area contributed by atoms with Gasteiger partial charge in [0.05, 0.1) is 4.92 Å². The van der Waals surface area contributed by atoms with Crippen LogP contribution in [-0.4, -0.2) is 33.9 Å². The van der Waals surface area contributed by atoms with E-state index in [1.165, 1.54) is 23.5 Å². The summed E-state index contributed by atoms with van der Waals surface area (Å²) in [5, 5.41) is 14.8. The second kappa shape index (κ2) is 5.90. The van der Waals surface area contributed by atoms with Crippen LogP contribution in [0.2, 0.25) is 0 Å². The number of nitrogens with zero attached hydrogens (tertiary/aromatic N) is 3. The molecule has 8 heteroatoms. The molecule has 0 aliphatic rings. The first-order valence-corrected chi connectivity index (χ1v) is 6.97. The van der Waals surface area contributed by atoms with Gasteiger partial charge in [-0.2, -0.15) is 4.98 Å². The van der Waals surface area contributed by atoms with E-state index in [0.29, 0.717) is 16.7 Å². The average molecular weight is 260 g/mol. The number of nitrogens with one attached hydrogen (secondary N) is 1. The van der Waals surface area contributed by atoms with Crippen LogP contribution in [0.3, 0.4) is 0 Å². The fraction of sp³-hybridized carbons (Fsp3) is 0.500. The van der Waals surface area contributed by atoms with E-state index in [9.17, 15) is 10.1 Å². The third-order valence-corrected chi connectivity index (χ3v) is 2.95. The molecule has 0 atom stereocenters. The highest BCUT2D eigenvalue weighted by Gasteiger charge is 2.23. The van der Waals surface area contributed by atoms with E-state index in [1.807, 2.05) is 13.2 Å². The number of hydrogen-bond acceptors (Lipinski definition) is 7. The van der Waals surface area contributed by atoms with Gasteiger partial charge in [-0.3, -0.25) is 10.1 Å². The topological polar surface area (TPSA) is 81.0 Å². The van der Waals surface area contributed by atoms with Crippen LogP contribution in [-0.2, 0) is 0 Å². The van der Waals surface area contributed by atoms with E-state index in [1.54, 1.807) is 6.26 Å². The van der Waals surface area contributed by atoms with Crippen LogP contribution in [0, 0.1) is 10.1 Å². The summed E-state index contributed by atoms with van der Waals surface area (Å²) >= 11 is 2.61. The molecule has 0 spiro atoms. The Kier molecular flexibility index (Phi) is 4.81. The van der Waals surface area contributed by atoms with Crippen LogP contribution in [0.1, 0.15) is 6.92 Å². The molecule has 0 radical (unpaired) electrons. The average Bonchev–Trinajstić information content (AvgIpc) is 2.27. The lowest BCUT2D eigenvalue weighted by Crippen LogP contribution is -2.07. The van der Waals surface area contributed by atoms with Crippen molar-refractivity contribution in [3.63, 3.8) is 0 Å². The Balaban J connectivity index is 3.34. The molecule has 0 aliphatic heterocycles. The van der Waals surface area contributed by atoms with Gasteiger partial charge in [0.15, 0.2) is 10.2 Å². The molecule has 6 nitrogen and oxygen atoms in total. The minimum atomic E-state index is -0.450. The maximum atomic E-state index is 10.9. The van der Waals surface area contributed by atoms with E-state index in [-0.39, 0.29) is 11.5 Å². The molecule has 0 aliphatic carbocycles. The first-order valence-electron chi connectivity index (χ1n) is 4.52. The molecule has 0 bridgehead atoms. The van der Waals surface area contributed by atoms with Crippen molar-refractivity contribution >= 4 is 35.0 Å². The summed E-state index contributed by atoms with van der Waals surface area (Å²) in [6.07, 6.45) is 3.59. The minimum absolute atomic E-state index is 0.0489. The molecule has 16 heavy (non-hydrogen) atoms. The van der Waals surface area contributed by atoms with Crippen molar-refractivity contribution in [1.29, 1.82) is 0 Å². The van der Waals surface area contributed by atoms with Gasteiger partial charge in [0, 0.05) is 6.54 Å². The highest BCUT2D eigenvalue weighted by Crippen LogP contribution is 2.33. The summed E-state index contributed by atoms with van der Waals surface area (Å²) in [5.41, 5.74) is -0.0489. The third kappa shape index (κ3) is 2.76. The van der Waals surface area contributed by atoms with Crippen molar-refractivity contribution in [2.45, 2.75) is 17.1 Å². The number of hydrogen-bond donors (Lipinski definition) is 1. The molecule has 0 amide bonds. The standard InChI is InChI=1S/C8H12N4O2S2/c1-4-9-6-5(12(13)14)7(15-2)11-8(10-6)16-3/h4H2,1-3H3,(H,9,10,11). The Morgan fingerprint density at radius 2 is 2.06 bits per heavy atom. The smallest absolute Gasteiger partial charge is 0.343 e. The molecule has 0 fully saturated rings. The molecule has 1 N–H and O–H groups in total. The van der Waals surface area contributed by atoms with Crippen molar-refractivity contribution < 1.29 is 4.92 Å². The van der Waals surface area contributed by atoms with Gasteiger partial charge in [-0.1, -0.05) is 11.8 Å². The zero-order chi connectivity index (χ0) is 12.1. The quantitative estimate of drug-likeness (QED) is 0.286. The van der Waals surface area contributed by atoms with E-state index in [0.717, 1.165) is 0 Å². The second-order valence-corrected chi connectivity index (χ2v) is 4.27. The third-order valence-electron chi connectivity index (χ3n) is 1.73. The number of thioether (sulfide) groups is 2. The molecule has 0 aromatic carbocycles. The van der Waals surface area contributed by atoms with E-state index < -0.39 is 4.92 Å². The van der Waals surface area contributed by atoms with Crippen molar-refractivity contribution in [1.82, 2.24) is 9.97 Å². The lowest BCUT2D eigenvalue weighted by atomic mass is 10.4. The Hall–Kier alpha value is -1.02.